The quantitative estimate of drug-likeness (QED) is 0.867. The smallest absolute Gasteiger partial charge is 0.195 e. The monoisotopic (exact) mass is 299 g/mol. The van der Waals surface area contributed by atoms with Gasteiger partial charge < -0.3 is 9.30 Å². The van der Waals surface area contributed by atoms with E-state index in [1.54, 1.807) is 7.11 Å². The number of benzene rings is 1. The molecule has 0 atom stereocenters. The lowest BCUT2D eigenvalue weighted by molar-refractivity contribution is 0.415. The van der Waals surface area contributed by atoms with Gasteiger partial charge in [-0.3, -0.25) is 5.10 Å². The molecular weight excluding hydrogens is 290 g/mol. The van der Waals surface area contributed by atoms with Crippen LogP contribution < -0.4 is 4.74 Å². The molecule has 0 aliphatic heterocycles. The average molecular weight is 300 g/mol. The summed E-state index contributed by atoms with van der Waals surface area (Å²) < 4.78 is 8.54. The molecule has 4 nitrogen and oxygen atoms in total. The summed E-state index contributed by atoms with van der Waals surface area (Å²) >= 11 is 8.56. The van der Waals surface area contributed by atoms with Crippen molar-refractivity contribution in [3.63, 3.8) is 0 Å². The highest BCUT2D eigenvalue weighted by Gasteiger charge is 2.10. The molecule has 2 rings (SSSR count). The van der Waals surface area contributed by atoms with Gasteiger partial charge in [0.05, 0.1) is 7.11 Å². The maximum Gasteiger partial charge on any atom is 0.195 e. The fraction of sp³-hybridized carbons (Fsp3) is 0.200. The normalized spacial score (nSPS) is 10.4. The van der Waals surface area contributed by atoms with Crippen LogP contribution in [0.4, 0.5) is 0 Å². The molecule has 1 heterocycles. The molecule has 16 heavy (non-hydrogen) atoms. The number of H-pyrrole nitrogens is 1. The SMILES string of the molecule is COc1ccc(Br)c(-c2n[nH]c(=S)n2C)c1. The van der Waals surface area contributed by atoms with Gasteiger partial charge in [0.25, 0.3) is 0 Å². The van der Waals surface area contributed by atoms with Crippen molar-refractivity contribution in [3.8, 4) is 17.1 Å². The molecule has 0 aliphatic carbocycles. The van der Waals surface area contributed by atoms with Crippen LogP contribution in [0.3, 0.4) is 0 Å². The van der Waals surface area contributed by atoms with Gasteiger partial charge in [0, 0.05) is 17.1 Å². The number of halogens is 1. The van der Waals surface area contributed by atoms with Gasteiger partial charge in [0.15, 0.2) is 10.6 Å². The van der Waals surface area contributed by atoms with E-state index in [1.807, 2.05) is 29.8 Å². The Hall–Kier alpha value is -1.14. The number of nitrogens with one attached hydrogen (secondary N) is 1. The topological polar surface area (TPSA) is 42.8 Å². The van der Waals surface area contributed by atoms with Crippen LogP contribution in [-0.4, -0.2) is 21.9 Å². The van der Waals surface area contributed by atoms with Gasteiger partial charge in [-0.1, -0.05) is 15.9 Å². The average Bonchev–Trinajstić information content (AvgIpc) is 2.61. The molecule has 0 amide bonds. The van der Waals surface area contributed by atoms with E-state index in [2.05, 4.69) is 26.1 Å². The number of nitrogens with zero attached hydrogens (tertiary/aromatic N) is 2. The Labute approximate surface area is 106 Å². The summed E-state index contributed by atoms with van der Waals surface area (Å²) in [6, 6.07) is 5.72. The lowest BCUT2D eigenvalue weighted by Crippen LogP contribution is -1.94. The van der Waals surface area contributed by atoms with Gasteiger partial charge in [-0.2, -0.15) is 5.10 Å². The Bertz CT molecular complexity index is 576. The minimum absolute atomic E-state index is 0.588. The summed E-state index contributed by atoms with van der Waals surface area (Å²) in [6.07, 6.45) is 0. The first-order chi connectivity index (χ1) is 7.63. The Morgan fingerprint density at radius 1 is 1.50 bits per heavy atom. The Morgan fingerprint density at radius 3 is 2.81 bits per heavy atom. The molecular formula is C10H10BrN3OS. The largest absolute Gasteiger partial charge is 0.497 e. The number of hydrogen-bond donors (Lipinski definition) is 1. The van der Waals surface area contributed by atoms with Crippen LogP contribution in [0.2, 0.25) is 0 Å². The molecule has 84 valence electrons. The van der Waals surface area contributed by atoms with Gasteiger partial charge in [0.1, 0.15) is 5.75 Å². The summed E-state index contributed by atoms with van der Waals surface area (Å²) in [5, 5.41) is 6.94. The van der Waals surface area contributed by atoms with Crippen molar-refractivity contribution in [2.24, 2.45) is 7.05 Å². The second kappa shape index (κ2) is 4.39. The first-order valence-electron chi connectivity index (χ1n) is 4.59. The van der Waals surface area contributed by atoms with Crippen LogP contribution in [0.1, 0.15) is 0 Å². The molecule has 0 saturated heterocycles. The summed E-state index contributed by atoms with van der Waals surface area (Å²) in [6.45, 7) is 0. The third-order valence-electron chi connectivity index (χ3n) is 2.29. The number of aromatic nitrogens is 3. The second-order valence-corrected chi connectivity index (χ2v) is 4.50. The zero-order chi connectivity index (χ0) is 11.7. The van der Waals surface area contributed by atoms with Crippen LogP contribution in [-0.2, 0) is 7.05 Å². The third-order valence-corrected chi connectivity index (χ3v) is 3.35. The molecule has 1 aromatic carbocycles. The molecule has 0 radical (unpaired) electrons. The molecule has 0 spiro atoms. The van der Waals surface area contributed by atoms with Crippen molar-refractivity contribution in [2.45, 2.75) is 0 Å². The molecule has 0 aliphatic rings. The molecule has 0 saturated carbocycles. The van der Waals surface area contributed by atoms with Crippen molar-refractivity contribution in [3.05, 3.63) is 27.4 Å². The number of aromatic amines is 1. The fourth-order valence-electron chi connectivity index (χ4n) is 1.39. The standard InChI is InChI=1S/C10H10BrN3OS/c1-14-9(12-13-10(14)16)7-5-6(15-2)3-4-8(7)11/h3-5H,1-2H3,(H,13,16). The van der Waals surface area contributed by atoms with E-state index in [1.165, 1.54) is 0 Å². The maximum absolute atomic E-state index is 5.18. The molecule has 1 N–H and O–H groups in total. The zero-order valence-electron chi connectivity index (χ0n) is 8.82. The number of rotatable bonds is 2. The van der Waals surface area contributed by atoms with E-state index in [0.29, 0.717) is 4.77 Å². The van der Waals surface area contributed by atoms with Gasteiger partial charge in [-0.05, 0) is 30.4 Å². The van der Waals surface area contributed by atoms with E-state index in [-0.39, 0.29) is 0 Å². The van der Waals surface area contributed by atoms with Gasteiger partial charge in [-0.25, -0.2) is 0 Å². The molecule has 0 bridgehead atoms. The summed E-state index contributed by atoms with van der Waals surface area (Å²) in [5.74, 6) is 1.56. The molecule has 2 aromatic rings. The Morgan fingerprint density at radius 2 is 2.25 bits per heavy atom. The van der Waals surface area contributed by atoms with Crippen molar-refractivity contribution in [2.75, 3.05) is 7.11 Å². The molecule has 6 heteroatoms. The lowest BCUT2D eigenvalue weighted by Gasteiger charge is -2.06. The predicted molar refractivity (Wildman–Crippen MR) is 68.1 cm³/mol. The van der Waals surface area contributed by atoms with E-state index in [4.69, 9.17) is 17.0 Å². The van der Waals surface area contributed by atoms with E-state index in [0.717, 1.165) is 21.6 Å². The first-order valence-corrected chi connectivity index (χ1v) is 5.79. The molecule has 0 unspecified atom stereocenters. The van der Waals surface area contributed by atoms with E-state index >= 15 is 0 Å². The minimum atomic E-state index is 0.588. The van der Waals surface area contributed by atoms with Crippen LogP contribution in [0.5, 0.6) is 5.75 Å². The van der Waals surface area contributed by atoms with Gasteiger partial charge in [-0.15, -0.1) is 0 Å². The number of methoxy groups -OCH3 is 1. The van der Waals surface area contributed by atoms with Gasteiger partial charge >= 0.3 is 0 Å². The highest BCUT2D eigenvalue weighted by Crippen LogP contribution is 2.30. The number of ether oxygens (including phenoxy) is 1. The van der Waals surface area contributed by atoms with E-state index < -0.39 is 0 Å². The second-order valence-electron chi connectivity index (χ2n) is 3.26. The highest BCUT2D eigenvalue weighted by atomic mass is 79.9. The third kappa shape index (κ3) is 1.90. The minimum Gasteiger partial charge on any atom is -0.497 e. The van der Waals surface area contributed by atoms with Crippen molar-refractivity contribution in [1.29, 1.82) is 0 Å². The predicted octanol–water partition coefficient (Wildman–Crippen LogP) is 2.92. The Balaban J connectivity index is 2.63. The highest BCUT2D eigenvalue weighted by molar-refractivity contribution is 9.10. The van der Waals surface area contributed by atoms with Crippen LogP contribution in [0, 0.1) is 4.77 Å². The lowest BCUT2D eigenvalue weighted by atomic mass is 10.2. The van der Waals surface area contributed by atoms with Crippen LogP contribution in [0.25, 0.3) is 11.4 Å². The van der Waals surface area contributed by atoms with Gasteiger partial charge in [0.2, 0.25) is 0 Å². The van der Waals surface area contributed by atoms with Crippen LogP contribution in [0.15, 0.2) is 22.7 Å². The van der Waals surface area contributed by atoms with Crippen molar-refractivity contribution in [1.82, 2.24) is 14.8 Å². The molecule has 0 fully saturated rings. The van der Waals surface area contributed by atoms with Crippen molar-refractivity contribution < 1.29 is 4.74 Å². The first kappa shape index (κ1) is 11.3. The van der Waals surface area contributed by atoms with E-state index in [9.17, 15) is 0 Å². The van der Waals surface area contributed by atoms with Crippen molar-refractivity contribution >= 4 is 28.1 Å². The fourth-order valence-corrected chi connectivity index (χ4v) is 1.95. The summed E-state index contributed by atoms with van der Waals surface area (Å²) in [5.41, 5.74) is 0.939. The zero-order valence-corrected chi connectivity index (χ0v) is 11.2. The summed E-state index contributed by atoms with van der Waals surface area (Å²) in [7, 11) is 3.50. The summed E-state index contributed by atoms with van der Waals surface area (Å²) in [4.78, 5) is 0. The van der Waals surface area contributed by atoms with Crippen LogP contribution >= 0.6 is 28.1 Å². The maximum atomic E-state index is 5.18. The molecule has 1 aromatic heterocycles. The number of hydrogen-bond acceptors (Lipinski definition) is 3. The Kier molecular flexibility index (Phi) is 3.11.